The Hall–Kier alpha value is -0.160. The van der Waals surface area contributed by atoms with Crippen LogP contribution >= 0.6 is 34.8 Å². The predicted molar refractivity (Wildman–Crippen MR) is 73.5 cm³/mol. The highest BCUT2D eigenvalue weighted by molar-refractivity contribution is 6.67. The van der Waals surface area contributed by atoms with Gasteiger partial charge in [-0.2, -0.15) is 13.2 Å². The van der Waals surface area contributed by atoms with Crippen LogP contribution in [0.5, 0.6) is 0 Å². The molecule has 1 atom stereocenters. The van der Waals surface area contributed by atoms with Crippen molar-refractivity contribution < 1.29 is 17.9 Å². The second-order valence-corrected chi connectivity index (χ2v) is 7.57. The lowest BCUT2D eigenvalue weighted by atomic mass is 9.90. The maximum atomic E-state index is 12.9. The fraction of sp³-hybridized carbons (Fsp3) is 0.538. The van der Waals surface area contributed by atoms with Crippen LogP contribution in [0.4, 0.5) is 13.2 Å². The van der Waals surface area contributed by atoms with Crippen molar-refractivity contribution >= 4 is 34.8 Å². The molecule has 1 aliphatic heterocycles. The van der Waals surface area contributed by atoms with Crippen LogP contribution in [0.15, 0.2) is 12.1 Å². The molecule has 0 radical (unpaired) electrons. The van der Waals surface area contributed by atoms with Gasteiger partial charge in [-0.25, -0.2) is 0 Å². The molecule has 1 saturated heterocycles. The summed E-state index contributed by atoms with van der Waals surface area (Å²) in [6.07, 6.45) is -4.27. The smallest absolute Gasteiger partial charge is 0.364 e. The molecule has 1 aromatic rings. The minimum atomic E-state index is -4.38. The van der Waals surface area contributed by atoms with Gasteiger partial charge in [-0.05, 0) is 30.5 Å². The average Bonchev–Trinajstić information content (AvgIpc) is 2.92. The van der Waals surface area contributed by atoms with Crippen molar-refractivity contribution in [2.45, 2.75) is 35.8 Å². The molecule has 1 fully saturated rings. The van der Waals surface area contributed by atoms with Gasteiger partial charge in [-0.3, -0.25) is 0 Å². The molecule has 0 amide bonds. The molecule has 0 N–H and O–H groups in total. The Morgan fingerprint density at radius 2 is 1.60 bits per heavy atom. The topological polar surface area (TPSA) is 12.5 Å². The zero-order valence-electron chi connectivity index (χ0n) is 10.7. The molecule has 1 nitrogen and oxygen atoms in total. The summed E-state index contributed by atoms with van der Waals surface area (Å²) in [4.78, 5) is 0. The van der Waals surface area contributed by atoms with Crippen LogP contribution < -0.4 is 0 Å². The molecule has 0 aromatic heterocycles. The van der Waals surface area contributed by atoms with Crippen LogP contribution in [-0.2, 0) is 16.5 Å². The van der Waals surface area contributed by atoms with E-state index in [4.69, 9.17) is 39.5 Å². The summed E-state index contributed by atoms with van der Waals surface area (Å²) in [6, 6.07) is 2.92. The number of rotatable bonds is 2. The van der Waals surface area contributed by atoms with Crippen molar-refractivity contribution in [2.24, 2.45) is 0 Å². The third kappa shape index (κ3) is 3.35. The third-order valence-electron chi connectivity index (χ3n) is 3.32. The summed E-state index contributed by atoms with van der Waals surface area (Å²) in [6.45, 7) is 3.18. The Balaban J connectivity index is 2.42. The average molecular weight is 348 g/mol. The standard InChI is InChI=1S/C13H12Cl3F3O/c1-7-3-9(4-8(2)10(7)13(17,18)19)11(6-20-11)5-12(14,15)16/h3-4H,5-6H2,1-2H3. The first-order valence-electron chi connectivity index (χ1n) is 5.84. The van der Waals surface area contributed by atoms with Gasteiger partial charge in [-0.15, -0.1) is 0 Å². The number of alkyl halides is 6. The fourth-order valence-electron chi connectivity index (χ4n) is 2.46. The van der Waals surface area contributed by atoms with Gasteiger partial charge in [0.15, 0.2) is 3.79 Å². The van der Waals surface area contributed by atoms with Crippen LogP contribution in [0.2, 0.25) is 0 Å². The monoisotopic (exact) mass is 346 g/mol. The fourth-order valence-corrected chi connectivity index (χ4v) is 3.10. The van der Waals surface area contributed by atoms with Gasteiger partial charge in [0.1, 0.15) is 5.60 Å². The molecular formula is C13H12Cl3F3O. The van der Waals surface area contributed by atoms with Gasteiger partial charge >= 0.3 is 6.18 Å². The Morgan fingerprint density at radius 3 is 1.90 bits per heavy atom. The molecule has 1 aromatic carbocycles. The Kier molecular flexibility index (Phi) is 4.00. The Bertz CT molecular complexity index is 508. The zero-order chi connectivity index (χ0) is 15.3. The second kappa shape index (κ2) is 4.94. The van der Waals surface area contributed by atoms with Crippen LogP contribution in [0, 0.1) is 13.8 Å². The van der Waals surface area contributed by atoms with E-state index >= 15 is 0 Å². The summed E-state index contributed by atoms with van der Waals surface area (Å²) in [5.41, 5.74) is -0.499. The van der Waals surface area contributed by atoms with E-state index in [-0.39, 0.29) is 17.5 Å². The molecule has 1 aliphatic rings. The van der Waals surface area contributed by atoms with E-state index in [1.807, 2.05) is 0 Å². The van der Waals surface area contributed by atoms with E-state index in [2.05, 4.69) is 0 Å². The molecule has 0 spiro atoms. The predicted octanol–water partition coefficient (Wildman–Crippen LogP) is 5.31. The highest BCUT2D eigenvalue weighted by atomic mass is 35.6. The molecule has 7 heteroatoms. The first-order valence-corrected chi connectivity index (χ1v) is 6.98. The second-order valence-electron chi connectivity index (χ2n) is 5.06. The molecule has 1 heterocycles. The summed E-state index contributed by atoms with van der Waals surface area (Å²) in [5.74, 6) is 0. The number of halogens is 6. The minimum absolute atomic E-state index is 0.106. The number of hydrogen-bond acceptors (Lipinski definition) is 1. The lowest BCUT2D eigenvalue weighted by Crippen LogP contribution is -2.20. The quantitative estimate of drug-likeness (QED) is 0.522. The van der Waals surface area contributed by atoms with E-state index in [1.165, 1.54) is 26.0 Å². The van der Waals surface area contributed by atoms with E-state index in [1.54, 1.807) is 0 Å². The molecule has 0 bridgehead atoms. The summed E-state index contributed by atoms with van der Waals surface area (Å²) >= 11 is 17.3. The number of ether oxygens (including phenoxy) is 1. The van der Waals surface area contributed by atoms with Gasteiger partial charge in [-0.1, -0.05) is 46.9 Å². The summed E-state index contributed by atoms with van der Waals surface area (Å²) < 4.78 is 42.6. The van der Waals surface area contributed by atoms with Crippen LogP contribution in [-0.4, -0.2) is 10.4 Å². The first kappa shape index (κ1) is 16.2. The van der Waals surface area contributed by atoms with Gasteiger partial charge < -0.3 is 4.74 Å². The minimum Gasteiger partial charge on any atom is -0.364 e. The summed E-state index contributed by atoms with van der Waals surface area (Å²) in [5, 5.41) is 0. The highest BCUT2D eigenvalue weighted by Crippen LogP contribution is 2.50. The maximum absolute atomic E-state index is 12.9. The Labute approximate surface area is 130 Å². The van der Waals surface area contributed by atoms with Crippen molar-refractivity contribution in [2.75, 3.05) is 6.61 Å². The highest BCUT2D eigenvalue weighted by Gasteiger charge is 2.51. The summed E-state index contributed by atoms with van der Waals surface area (Å²) in [7, 11) is 0. The van der Waals surface area contributed by atoms with Gasteiger partial charge in [0.25, 0.3) is 0 Å². The normalized spacial score (nSPS) is 23.0. The maximum Gasteiger partial charge on any atom is 0.416 e. The van der Waals surface area contributed by atoms with Crippen LogP contribution in [0.1, 0.15) is 28.7 Å². The van der Waals surface area contributed by atoms with Crippen molar-refractivity contribution in [1.29, 1.82) is 0 Å². The SMILES string of the molecule is Cc1cc(C2(CC(Cl)(Cl)Cl)CO2)cc(C)c1C(F)(F)F. The third-order valence-corrected chi connectivity index (χ3v) is 3.72. The van der Waals surface area contributed by atoms with Crippen molar-refractivity contribution in [3.63, 3.8) is 0 Å². The Morgan fingerprint density at radius 1 is 1.15 bits per heavy atom. The molecule has 2 rings (SSSR count). The van der Waals surface area contributed by atoms with Crippen molar-refractivity contribution in [1.82, 2.24) is 0 Å². The van der Waals surface area contributed by atoms with Crippen molar-refractivity contribution in [3.05, 3.63) is 34.4 Å². The van der Waals surface area contributed by atoms with E-state index in [9.17, 15) is 13.2 Å². The number of benzene rings is 1. The number of epoxide rings is 1. The molecule has 0 aliphatic carbocycles. The molecule has 0 saturated carbocycles. The first-order chi connectivity index (χ1) is 8.95. The van der Waals surface area contributed by atoms with E-state index in [0.29, 0.717) is 12.2 Å². The van der Waals surface area contributed by atoms with Gasteiger partial charge in [0, 0.05) is 6.42 Å². The van der Waals surface area contributed by atoms with Crippen LogP contribution in [0.25, 0.3) is 0 Å². The lowest BCUT2D eigenvalue weighted by molar-refractivity contribution is -0.138. The largest absolute Gasteiger partial charge is 0.416 e. The van der Waals surface area contributed by atoms with Crippen molar-refractivity contribution in [3.8, 4) is 0 Å². The van der Waals surface area contributed by atoms with E-state index < -0.39 is 21.1 Å². The van der Waals surface area contributed by atoms with E-state index in [0.717, 1.165) is 0 Å². The zero-order valence-corrected chi connectivity index (χ0v) is 13.0. The molecule has 1 unspecified atom stereocenters. The molecule has 112 valence electrons. The molecule has 20 heavy (non-hydrogen) atoms. The molecular weight excluding hydrogens is 335 g/mol. The van der Waals surface area contributed by atoms with Gasteiger partial charge in [0.2, 0.25) is 0 Å². The number of aryl methyl sites for hydroxylation is 2. The lowest BCUT2D eigenvalue weighted by Gasteiger charge is -2.21. The van der Waals surface area contributed by atoms with Crippen LogP contribution in [0.3, 0.4) is 0 Å². The van der Waals surface area contributed by atoms with Gasteiger partial charge in [0.05, 0.1) is 12.2 Å². The number of hydrogen-bond donors (Lipinski definition) is 0.